The number of carbonyl (C=O) groups is 1. The van der Waals surface area contributed by atoms with Gasteiger partial charge in [0.25, 0.3) is 0 Å². The fourth-order valence-electron chi connectivity index (χ4n) is 0.700. The van der Waals surface area contributed by atoms with E-state index in [0.29, 0.717) is 5.75 Å². The van der Waals surface area contributed by atoms with Crippen LogP contribution in [-0.2, 0) is 9.45 Å². The third-order valence-corrected chi connectivity index (χ3v) is 1.35. The molecule has 1 radical (unpaired) electrons. The van der Waals surface area contributed by atoms with E-state index in [1.54, 1.807) is 0 Å². The van der Waals surface area contributed by atoms with Crippen LogP contribution in [0.1, 0.15) is 0 Å². The summed E-state index contributed by atoms with van der Waals surface area (Å²) in [5.41, 5.74) is 0. The molecule has 0 saturated carbocycles. The number of hydrogen-bond acceptors (Lipinski definition) is 4. The van der Waals surface area contributed by atoms with Gasteiger partial charge in [-0.05, 0) is 24.3 Å². The highest BCUT2D eigenvalue weighted by Gasteiger charge is 2.02. The summed E-state index contributed by atoms with van der Waals surface area (Å²) in [6.45, 7) is 3.21. The maximum atomic E-state index is 10.6. The lowest BCUT2D eigenvalue weighted by atomic mass is 10.3. The Balaban J connectivity index is 2.35. The molecule has 1 aromatic carbocycles. The fourth-order valence-corrected chi connectivity index (χ4v) is 0.700. The molecule has 0 saturated heterocycles. The van der Waals surface area contributed by atoms with Crippen molar-refractivity contribution < 1.29 is 19.2 Å². The van der Waals surface area contributed by atoms with Crippen molar-refractivity contribution in [3.63, 3.8) is 0 Å². The Morgan fingerprint density at radius 1 is 1.43 bits per heavy atom. The summed E-state index contributed by atoms with van der Waals surface area (Å²) in [5.74, 6) is 0.00359. The summed E-state index contributed by atoms with van der Waals surface area (Å²) >= 11 is 0. The van der Waals surface area contributed by atoms with Crippen LogP contribution in [0.2, 0.25) is 0 Å². The van der Waals surface area contributed by atoms with E-state index in [9.17, 15) is 4.79 Å². The minimum Gasteiger partial charge on any atom is -0.526 e. The highest BCUT2D eigenvalue weighted by molar-refractivity contribution is 6.24. The van der Waals surface area contributed by atoms with Gasteiger partial charge in [0.05, 0.1) is 0 Å². The van der Waals surface area contributed by atoms with E-state index in [-0.39, 0.29) is 5.75 Å². The second-order valence-electron chi connectivity index (χ2n) is 2.35. The first-order valence-corrected chi connectivity index (χ1v) is 3.83. The molecule has 0 aliphatic heterocycles. The first-order valence-electron chi connectivity index (χ1n) is 3.83. The molecule has 0 atom stereocenters. The van der Waals surface area contributed by atoms with Gasteiger partial charge in [-0.3, -0.25) is 0 Å². The van der Waals surface area contributed by atoms with Crippen LogP contribution in [-0.4, -0.2) is 18.8 Å². The van der Waals surface area contributed by atoms with Crippen molar-refractivity contribution in [1.29, 1.82) is 0 Å². The van der Waals surface area contributed by atoms with E-state index in [2.05, 4.69) is 11.2 Å². The Morgan fingerprint density at radius 2 is 2.07 bits per heavy atom. The van der Waals surface area contributed by atoms with Crippen LogP contribution in [0.25, 0.3) is 0 Å². The predicted molar refractivity (Wildman–Crippen MR) is 50.8 cm³/mol. The number of aromatic hydroxyl groups is 1. The summed E-state index contributed by atoms with van der Waals surface area (Å²) in [7, 11) is 0.899. The van der Waals surface area contributed by atoms with E-state index in [1.807, 2.05) is 0 Å². The molecule has 1 N–H and O–H groups in total. The largest absolute Gasteiger partial charge is 0.660 e. The summed E-state index contributed by atoms with van der Waals surface area (Å²) in [4.78, 5) is 10.6. The van der Waals surface area contributed by atoms with Gasteiger partial charge in [0.1, 0.15) is 11.5 Å². The Kier molecular flexibility index (Phi) is 3.61. The molecule has 0 unspecified atom stereocenters. The molecule has 0 aliphatic rings. The molecule has 0 fully saturated rings. The van der Waals surface area contributed by atoms with E-state index in [4.69, 9.17) is 9.76 Å². The Labute approximate surface area is 82.1 Å². The molecule has 0 spiro atoms. The van der Waals surface area contributed by atoms with Crippen LogP contribution in [0, 0.1) is 0 Å². The van der Waals surface area contributed by atoms with Gasteiger partial charge in [0, 0.05) is 6.08 Å². The average molecular weight is 191 g/mol. The zero-order valence-electron chi connectivity index (χ0n) is 7.34. The van der Waals surface area contributed by atoms with Gasteiger partial charge in [-0.25, -0.2) is 4.79 Å². The molecule has 0 bridgehead atoms. The Morgan fingerprint density at radius 3 is 2.64 bits per heavy atom. The number of phenolic OH excluding ortho intramolecular Hbond substituents is 1. The molecular weight excluding hydrogens is 183 g/mol. The van der Waals surface area contributed by atoms with Crippen LogP contribution in [0.5, 0.6) is 11.5 Å². The lowest BCUT2D eigenvalue weighted by molar-refractivity contribution is -0.129. The van der Waals surface area contributed by atoms with E-state index < -0.39 is 5.97 Å². The highest BCUT2D eigenvalue weighted by Crippen LogP contribution is 2.15. The van der Waals surface area contributed by atoms with Crippen molar-refractivity contribution >= 4 is 13.7 Å². The molecule has 1 aromatic rings. The summed E-state index contributed by atoms with van der Waals surface area (Å²) in [5, 5.41) is 8.94. The minimum absolute atomic E-state index is 0.139. The topological polar surface area (TPSA) is 55.8 Å². The maximum Gasteiger partial charge on any atom is 0.660 e. The van der Waals surface area contributed by atoms with Gasteiger partial charge in [-0.2, -0.15) is 0 Å². The second kappa shape index (κ2) is 4.96. The number of benzene rings is 1. The number of hydrogen-bond donors (Lipinski definition) is 1. The lowest BCUT2D eigenvalue weighted by Gasteiger charge is -2.03. The van der Waals surface area contributed by atoms with E-state index in [1.165, 1.54) is 24.3 Å². The van der Waals surface area contributed by atoms with Gasteiger partial charge < -0.3 is 14.4 Å². The minimum atomic E-state index is -0.594. The average Bonchev–Trinajstić information content (AvgIpc) is 2.21. The van der Waals surface area contributed by atoms with Crippen molar-refractivity contribution in [2.75, 3.05) is 0 Å². The van der Waals surface area contributed by atoms with Crippen molar-refractivity contribution in [2.24, 2.45) is 0 Å². The Hall–Kier alpha value is -1.91. The van der Waals surface area contributed by atoms with E-state index >= 15 is 0 Å². The summed E-state index contributed by atoms with van der Waals surface area (Å²) in [6, 6.07) is 5.98. The zero-order valence-corrected chi connectivity index (χ0v) is 7.34. The molecule has 14 heavy (non-hydrogen) atoms. The van der Waals surface area contributed by atoms with Gasteiger partial charge in [0.15, 0.2) is 0 Å². The third kappa shape index (κ3) is 3.22. The fraction of sp³-hybridized carbons (Fsp3) is 0. The van der Waals surface area contributed by atoms with Crippen molar-refractivity contribution in [3.8, 4) is 11.5 Å². The highest BCUT2D eigenvalue weighted by atomic mass is 16.6. The monoisotopic (exact) mass is 191 g/mol. The quantitative estimate of drug-likeness (QED) is 0.570. The lowest BCUT2D eigenvalue weighted by Crippen LogP contribution is -2.11. The van der Waals surface area contributed by atoms with Crippen molar-refractivity contribution in [2.45, 2.75) is 0 Å². The zero-order chi connectivity index (χ0) is 10.4. The third-order valence-electron chi connectivity index (χ3n) is 1.35. The van der Waals surface area contributed by atoms with Crippen LogP contribution in [0.15, 0.2) is 36.9 Å². The molecule has 0 heterocycles. The molecule has 0 aromatic heterocycles. The standard InChI is InChI=1S/C9H8BO4/c1-2-9(12)14-10-13-8-5-3-7(11)4-6-8/h2-6,11H,1H2. The number of carbonyl (C=O) groups excluding carboxylic acids is 1. The van der Waals surface area contributed by atoms with Crippen LogP contribution in [0.4, 0.5) is 0 Å². The van der Waals surface area contributed by atoms with Crippen LogP contribution in [0.3, 0.4) is 0 Å². The Bertz CT molecular complexity index is 320. The smallest absolute Gasteiger partial charge is 0.526 e. The summed E-state index contributed by atoms with van der Waals surface area (Å²) < 4.78 is 9.37. The molecule has 5 heteroatoms. The SMILES string of the molecule is C=CC(=O)O[B]Oc1ccc(O)cc1. The van der Waals surface area contributed by atoms with E-state index in [0.717, 1.165) is 13.8 Å². The number of phenols is 1. The van der Waals surface area contributed by atoms with Gasteiger partial charge >= 0.3 is 13.7 Å². The van der Waals surface area contributed by atoms with Crippen LogP contribution < -0.4 is 4.65 Å². The predicted octanol–water partition coefficient (Wildman–Crippen LogP) is 1.03. The molecular formula is C9H8BO4. The normalized spacial score (nSPS) is 8.86. The maximum absolute atomic E-state index is 10.6. The second-order valence-corrected chi connectivity index (χ2v) is 2.35. The van der Waals surface area contributed by atoms with Gasteiger partial charge in [-0.1, -0.05) is 6.58 Å². The first kappa shape index (κ1) is 10.2. The molecule has 1 rings (SSSR count). The van der Waals surface area contributed by atoms with Crippen LogP contribution >= 0.6 is 0 Å². The van der Waals surface area contributed by atoms with Gasteiger partial charge in [0.2, 0.25) is 0 Å². The molecule has 4 nitrogen and oxygen atoms in total. The molecule has 0 amide bonds. The number of rotatable bonds is 4. The molecule has 0 aliphatic carbocycles. The van der Waals surface area contributed by atoms with Crippen molar-refractivity contribution in [1.82, 2.24) is 0 Å². The van der Waals surface area contributed by atoms with Gasteiger partial charge in [-0.15, -0.1) is 0 Å². The summed E-state index contributed by atoms with van der Waals surface area (Å²) in [6.07, 6.45) is 1.02. The first-order chi connectivity index (χ1) is 6.72. The molecule has 71 valence electrons. The van der Waals surface area contributed by atoms with Crippen molar-refractivity contribution in [3.05, 3.63) is 36.9 Å².